The molecule has 0 radical (unpaired) electrons. The Hall–Kier alpha value is -1.95. The molecular weight excluding hydrogens is 212 g/mol. The molecular formula is C9H8N4OS. The lowest BCUT2D eigenvalue weighted by Crippen LogP contribution is -2.01. The lowest BCUT2D eigenvalue weighted by atomic mass is 10.2. The Morgan fingerprint density at radius 3 is 2.80 bits per heavy atom. The average Bonchev–Trinajstić information content (AvgIpc) is 2.54. The van der Waals surface area contributed by atoms with Crippen molar-refractivity contribution < 1.29 is 5.11 Å². The number of aromatic hydroxyl groups is 1. The van der Waals surface area contributed by atoms with Crippen LogP contribution >= 0.6 is 12.2 Å². The van der Waals surface area contributed by atoms with E-state index in [9.17, 15) is 5.11 Å². The maximum atomic E-state index is 9.73. The van der Waals surface area contributed by atoms with Crippen LogP contribution in [0.15, 0.2) is 34.5 Å². The Bertz CT molecular complexity index is 546. The highest BCUT2D eigenvalue weighted by atomic mass is 32.1. The fourth-order valence-electron chi connectivity index (χ4n) is 1.28. The summed E-state index contributed by atoms with van der Waals surface area (Å²) in [4.78, 5) is 2.89. The van der Waals surface area contributed by atoms with Crippen LogP contribution in [0.25, 0.3) is 10.9 Å². The molecule has 0 saturated carbocycles. The molecule has 0 fully saturated rings. The highest BCUT2D eigenvalue weighted by molar-refractivity contribution is 7.80. The van der Waals surface area contributed by atoms with Gasteiger partial charge < -0.3 is 15.8 Å². The molecule has 1 aromatic carbocycles. The monoisotopic (exact) mass is 220 g/mol. The van der Waals surface area contributed by atoms with Crippen molar-refractivity contribution in [2.45, 2.75) is 0 Å². The third kappa shape index (κ3) is 1.79. The van der Waals surface area contributed by atoms with Crippen LogP contribution in [0.1, 0.15) is 0 Å². The zero-order valence-corrected chi connectivity index (χ0v) is 8.45. The van der Waals surface area contributed by atoms with E-state index in [1.807, 2.05) is 18.2 Å². The van der Waals surface area contributed by atoms with Crippen molar-refractivity contribution in [3.63, 3.8) is 0 Å². The van der Waals surface area contributed by atoms with Gasteiger partial charge in [0, 0.05) is 5.39 Å². The van der Waals surface area contributed by atoms with Gasteiger partial charge in [-0.1, -0.05) is 12.1 Å². The molecule has 0 bridgehead atoms. The molecule has 0 atom stereocenters. The summed E-state index contributed by atoms with van der Waals surface area (Å²) in [6, 6.07) is 7.28. The van der Waals surface area contributed by atoms with Crippen LogP contribution in [-0.2, 0) is 0 Å². The van der Waals surface area contributed by atoms with Crippen LogP contribution < -0.4 is 5.73 Å². The molecule has 0 aliphatic carbocycles. The molecule has 2 aromatic rings. The third-order valence-electron chi connectivity index (χ3n) is 1.91. The minimum Gasteiger partial charge on any atom is -0.504 e. The molecule has 1 heterocycles. The lowest BCUT2D eigenvalue weighted by Gasteiger charge is -1.88. The molecule has 5 nitrogen and oxygen atoms in total. The van der Waals surface area contributed by atoms with Crippen molar-refractivity contribution in [3.05, 3.63) is 24.3 Å². The van der Waals surface area contributed by atoms with E-state index in [0.717, 1.165) is 5.52 Å². The van der Waals surface area contributed by atoms with Crippen molar-refractivity contribution >= 4 is 34.1 Å². The van der Waals surface area contributed by atoms with Gasteiger partial charge in [0.1, 0.15) is 0 Å². The van der Waals surface area contributed by atoms with Crippen LogP contribution in [0.5, 0.6) is 5.75 Å². The van der Waals surface area contributed by atoms with Crippen LogP contribution in [-0.4, -0.2) is 15.2 Å². The number of thiocarbonyl (C=S) groups is 1. The Kier molecular flexibility index (Phi) is 2.34. The first kappa shape index (κ1) is 9.60. The maximum absolute atomic E-state index is 9.73. The zero-order chi connectivity index (χ0) is 10.8. The Morgan fingerprint density at radius 1 is 1.40 bits per heavy atom. The summed E-state index contributed by atoms with van der Waals surface area (Å²) in [6.07, 6.45) is 0. The average molecular weight is 220 g/mol. The third-order valence-corrected chi connectivity index (χ3v) is 1.99. The number of nitrogens with two attached hydrogens (primary N) is 1. The number of aromatic nitrogens is 1. The number of para-hydroxylation sites is 1. The van der Waals surface area contributed by atoms with Gasteiger partial charge in [0.15, 0.2) is 11.6 Å². The number of fused-ring (bicyclic) bond motifs is 1. The van der Waals surface area contributed by atoms with Gasteiger partial charge in [-0.3, -0.25) is 0 Å². The van der Waals surface area contributed by atoms with E-state index in [1.54, 1.807) is 6.07 Å². The predicted octanol–water partition coefficient (Wildman–Crippen LogP) is 2.20. The highest BCUT2D eigenvalue weighted by Crippen LogP contribution is 2.34. The van der Waals surface area contributed by atoms with Crippen molar-refractivity contribution in [1.29, 1.82) is 0 Å². The first-order valence-electron chi connectivity index (χ1n) is 4.19. The van der Waals surface area contributed by atoms with Crippen LogP contribution in [0.4, 0.5) is 5.82 Å². The second-order valence-electron chi connectivity index (χ2n) is 2.91. The van der Waals surface area contributed by atoms with Crippen LogP contribution in [0.2, 0.25) is 0 Å². The maximum Gasteiger partial charge on any atom is 0.211 e. The van der Waals surface area contributed by atoms with Gasteiger partial charge in [-0.05, 0) is 24.4 Å². The molecule has 4 N–H and O–H groups in total. The summed E-state index contributed by atoms with van der Waals surface area (Å²) in [5, 5.41) is 17.5. The van der Waals surface area contributed by atoms with Crippen LogP contribution in [0.3, 0.4) is 0 Å². The first-order valence-corrected chi connectivity index (χ1v) is 4.60. The molecule has 0 spiro atoms. The van der Waals surface area contributed by atoms with Gasteiger partial charge in [0.2, 0.25) is 5.11 Å². The molecule has 0 saturated heterocycles. The van der Waals surface area contributed by atoms with Crippen molar-refractivity contribution in [2.24, 2.45) is 16.0 Å². The number of H-pyrrole nitrogens is 1. The van der Waals surface area contributed by atoms with E-state index < -0.39 is 0 Å². The SMILES string of the molecule is NC(=S)N=Nc1[nH]c2ccccc2c1O. The predicted molar refractivity (Wildman–Crippen MR) is 61.3 cm³/mol. The van der Waals surface area contributed by atoms with Gasteiger partial charge in [-0.15, -0.1) is 10.2 Å². The number of hydrogen-bond acceptors (Lipinski definition) is 3. The van der Waals surface area contributed by atoms with E-state index in [4.69, 9.17) is 5.73 Å². The Morgan fingerprint density at radius 2 is 2.13 bits per heavy atom. The minimum absolute atomic E-state index is 0.0469. The van der Waals surface area contributed by atoms with Crippen LogP contribution in [0, 0.1) is 0 Å². The molecule has 1 aromatic heterocycles. The van der Waals surface area contributed by atoms with Gasteiger partial charge in [-0.25, -0.2) is 0 Å². The summed E-state index contributed by atoms with van der Waals surface area (Å²) >= 11 is 4.54. The van der Waals surface area contributed by atoms with E-state index in [1.165, 1.54) is 0 Å². The second kappa shape index (κ2) is 3.66. The molecule has 0 aliphatic heterocycles. The normalized spacial score (nSPS) is 11.2. The number of nitrogens with zero attached hydrogens (tertiary/aromatic N) is 2. The Balaban J connectivity index is 2.53. The van der Waals surface area contributed by atoms with Crippen molar-refractivity contribution in [1.82, 2.24) is 4.98 Å². The number of rotatable bonds is 1. The van der Waals surface area contributed by atoms with Crippen molar-refractivity contribution in [3.8, 4) is 5.75 Å². The zero-order valence-electron chi connectivity index (χ0n) is 7.64. The largest absolute Gasteiger partial charge is 0.504 e. The van der Waals surface area contributed by atoms with Gasteiger partial charge >= 0.3 is 0 Å². The van der Waals surface area contributed by atoms with Gasteiger partial charge in [0.25, 0.3) is 0 Å². The minimum atomic E-state index is -0.0759. The smallest absolute Gasteiger partial charge is 0.211 e. The molecule has 0 aliphatic rings. The van der Waals surface area contributed by atoms with Gasteiger partial charge in [-0.2, -0.15) is 0 Å². The number of hydrogen-bond donors (Lipinski definition) is 3. The number of azo groups is 1. The number of aromatic amines is 1. The lowest BCUT2D eigenvalue weighted by molar-refractivity contribution is 0.482. The first-order chi connectivity index (χ1) is 7.18. The summed E-state index contributed by atoms with van der Waals surface area (Å²) in [5.41, 5.74) is 5.94. The van der Waals surface area contributed by atoms with E-state index in [-0.39, 0.29) is 16.7 Å². The summed E-state index contributed by atoms with van der Waals surface area (Å²) in [7, 11) is 0. The Labute approximate surface area is 90.6 Å². The van der Waals surface area contributed by atoms with Gasteiger partial charge in [0.05, 0.1) is 5.52 Å². The number of benzene rings is 1. The quantitative estimate of drug-likeness (QED) is 0.508. The molecule has 2 rings (SSSR count). The fraction of sp³-hybridized carbons (Fsp3) is 0. The second-order valence-corrected chi connectivity index (χ2v) is 3.32. The topological polar surface area (TPSA) is 86.8 Å². The molecule has 15 heavy (non-hydrogen) atoms. The van der Waals surface area contributed by atoms with E-state index in [0.29, 0.717) is 5.39 Å². The fourth-order valence-corrected chi connectivity index (χ4v) is 1.33. The standard InChI is InChI=1S/C9H8N4OS/c10-9(15)13-12-8-7(14)5-3-1-2-4-6(5)11-8/h1-4,11,14H,(H2,10,15). The molecule has 0 amide bonds. The van der Waals surface area contributed by atoms with E-state index >= 15 is 0 Å². The highest BCUT2D eigenvalue weighted by Gasteiger charge is 2.08. The number of nitrogens with one attached hydrogen (secondary N) is 1. The molecule has 6 heteroatoms. The summed E-state index contributed by atoms with van der Waals surface area (Å²) in [5.74, 6) is 0.301. The molecule has 0 unspecified atom stereocenters. The van der Waals surface area contributed by atoms with Crippen molar-refractivity contribution in [2.75, 3.05) is 0 Å². The molecule has 76 valence electrons. The summed E-state index contributed by atoms with van der Waals surface area (Å²) in [6.45, 7) is 0. The van der Waals surface area contributed by atoms with E-state index in [2.05, 4.69) is 27.4 Å². The summed E-state index contributed by atoms with van der Waals surface area (Å²) < 4.78 is 0.